The van der Waals surface area contributed by atoms with E-state index in [0.29, 0.717) is 20.7 Å². The molecule has 0 saturated carbocycles. The zero-order valence-corrected chi connectivity index (χ0v) is 19.2. The van der Waals surface area contributed by atoms with Gasteiger partial charge in [-0.05, 0) is 19.8 Å². The number of nitrogens with two attached hydrogens (primary N) is 1. The van der Waals surface area contributed by atoms with Gasteiger partial charge in [-0.15, -0.1) is 0 Å². The highest BCUT2D eigenvalue weighted by Crippen LogP contribution is 2.41. The smallest absolute Gasteiger partial charge is 0.269 e. The van der Waals surface area contributed by atoms with Gasteiger partial charge in [-0.3, -0.25) is 4.40 Å². The van der Waals surface area contributed by atoms with Crippen LogP contribution in [0, 0.1) is 5.41 Å². The lowest BCUT2D eigenvalue weighted by Crippen LogP contribution is -2.50. The quantitative estimate of drug-likeness (QED) is 0.574. The van der Waals surface area contributed by atoms with Crippen LogP contribution in [0.25, 0.3) is 5.65 Å². The van der Waals surface area contributed by atoms with Crippen LogP contribution in [0.5, 0.6) is 0 Å². The minimum atomic E-state index is -1.59. The molecule has 1 unspecified atom stereocenters. The van der Waals surface area contributed by atoms with Crippen molar-refractivity contribution in [3.8, 4) is 0 Å². The third-order valence-corrected chi connectivity index (χ3v) is 8.57. The van der Waals surface area contributed by atoms with Gasteiger partial charge < -0.3 is 19.9 Å². The van der Waals surface area contributed by atoms with Gasteiger partial charge in [0.1, 0.15) is 22.2 Å². The highest BCUT2D eigenvalue weighted by atomic mass is 35.5. The van der Waals surface area contributed by atoms with E-state index in [1.807, 2.05) is 6.92 Å². The molecule has 0 aromatic carbocycles. The standard InChI is InChI=1S/C20H22Cl2N6O2S/c1-12-18(23)20(11-30-12)3-6-27(7-4-20)15-9-25-16(10-24-15)31(29)13-2-5-28-14(21)8-26-19(28)17(13)22/h2,5,8-10,12,18H,3-4,6-7,11,23H2,1H3/t12-,18+,31?/m0/s1. The summed E-state index contributed by atoms with van der Waals surface area (Å²) in [6.45, 7) is 4.44. The largest absolute Gasteiger partial charge is 0.605 e. The average Bonchev–Trinajstić information content (AvgIpc) is 3.30. The predicted molar refractivity (Wildman–Crippen MR) is 119 cm³/mol. The second kappa shape index (κ2) is 8.06. The predicted octanol–water partition coefficient (Wildman–Crippen LogP) is 2.93. The molecule has 3 aromatic heterocycles. The number of piperidine rings is 1. The normalized spacial score (nSPS) is 24.2. The van der Waals surface area contributed by atoms with Crippen molar-refractivity contribution >= 4 is 45.8 Å². The van der Waals surface area contributed by atoms with Crippen molar-refractivity contribution in [1.82, 2.24) is 19.4 Å². The number of ether oxygens (including phenoxy) is 1. The number of hydrogen-bond donors (Lipinski definition) is 1. The molecule has 2 aliphatic rings. The van der Waals surface area contributed by atoms with Gasteiger partial charge in [-0.1, -0.05) is 23.2 Å². The number of halogens is 2. The van der Waals surface area contributed by atoms with Crippen molar-refractivity contribution in [2.24, 2.45) is 11.1 Å². The molecular formula is C20H22Cl2N6O2S. The average molecular weight is 481 g/mol. The fourth-order valence-corrected chi connectivity index (χ4v) is 6.01. The molecule has 164 valence electrons. The summed E-state index contributed by atoms with van der Waals surface area (Å²) in [5, 5.41) is 1.05. The number of nitrogens with zero attached hydrogens (tertiary/aromatic N) is 5. The molecule has 2 N–H and O–H groups in total. The Labute approximate surface area is 192 Å². The van der Waals surface area contributed by atoms with E-state index in [1.165, 1.54) is 6.20 Å². The minimum Gasteiger partial charge on any atom is -0.605 e. The third-order valence-electron chi connectivity index (χ3n) is 6.47. The first-order valence-corrected chi connectivity index (χ1v) is 12.0. The Morgan fingerprint density at radius 3 is 2.61 bits per heavy atom. The first-order valence-electron chi connectivity index (χ1n) is 10.1. The van der Waals surface area contributed by atoms with E-state index in [4.69, 9.17) is 33.7 Å². The molecule has 2 aliphatic heterocycles. The van der Waals surface area contributed by atoms with Gasteiger partial charge in [0.05, 0.1) is 25.1 Å². The Kier molecular flexibility index (Phi) is 5.52. The monoisotopic (exact) mass is 480 g/mol. The number of rotatable bonds is 3. The summed E-state index contributed by atoms with van der Waals surface area (Å²) < 4.78 is 20.5. The van der Waals surface area contributed by atoms with Gasteiger partial charge in [0, 0.05) is 48.0 Å². The Balaban J connectivity index is 1.31. The van der Waals surface area contributed by atoms with Gasteiger partial charge in [-0.25, -0.2) is 15.0 Å². The van der Waals surface area contributed by atoms with Crippen molar-refractivity contribution in [3.05, 3.63) is 41.0 Å². The fourth-order valence-electron chi connectivity index (χ4n) is 4.45. The maximum Gasteiger partial charge on any atom is 0.269 e. The van der Waals surface area contributed by atoms with E-state index in [-0.39, 0.29) is 22.6 Å². The number of fused-ring (bicyclic) bond motifs is 1. The van der Waals surface area contributed by atoms with Crippen LogP contribution in [-0.4, -0.2) is 55.7 Å². The second-order valence-electron chi connectivity index (χ2n) is 8.14. The number of aromatic nitrogens is 4. The molecule has 5 rings (SSSR count). The fraction of sp³-hybridized carbons (Fsp3) is 0.450. The Bertz CT molecular complexity index is 1100. The van der Waals surface area contributed by atoms with Crippen LogP contribution < -0.4 is 10.6 Å². The van der Waals surface area contributed by atoms with Crippen molar-refractivity contribution in [2.75, 3.05) is 24.6 Å². The zero-order valence-electron chi connectivity index (χ0n) is 16.9. The highest BCUT2D eigenvalue weighted by molar-refractivity contribution is 7.91. The van der Waals surface area contributed by atoms with E-state index < -0.39 is 11.2 Å². The van der Waals surface area contributed by atoms with E-state index in [1.54, 1.807) is 29.1 Å². The van der Waals surface area contributed by atoms with E-state index in [9.17, 15) is 4.55 Å². The van der Waals surface area contributed by atoms with Crippen LogP contribution in [0.2, 0.25) is 10.2 Å². The number of imidazole rings is 1. The summed E-state index contributed by atoms with van der Waals surface area (Å²) in [4.78, 5) is 15.7. The minimum absolute atomic E-state index is 0.0515. The Hall–Kier alpha value is -1.62. The van der Waals surface area contributed by atoms with Crippen LogP contribution >= 0.6 is 23.2 Å². The zero-order chi connectivity index (χ0) is 21.8. The van der Waals surface area contributed by atoms with E-state index in [0.717, 1.165) is 38.4 Å². The van der Waals surface area contributed by atoms with Gasteiger partial charge in [0.25, 0.3) is 5.03 Å². The maximum atomic E-state index is 13.1. The highest BCUT2D eigenvalue weighted by Gasteiger charge is 2.47. The van der Waals surface area contributed by atoms with Crippen LogP contribution in [0.4, 0.5) is 5.82 Å². The summed E-state index contributed by atoms with van der Waals surface area (Å²) in [6, 6.07) is 1.73. The third kappa shape index (κ3) is 3.57. The maximum absolute atomic E-state index is 13.1. The molecule has 8 nitrogen and oxygen atoms in total. The molecule has 0 aliphatic carbocycles. The van der Waals surface area contributed by atoms with Crippen molar-refractivity contribution in [2.45, 2.75) is 41.8 Å². The molecular weight excluding hydrogens is 459 g/mol. The number of anilines is 1. The topological polar surface area (TPSA) is 105 Å². The molecule has 5 heterocycles. The molecule has 31 heavy (non-hydrogen) atoms. The van der Waals surface area contributed by atoms with Crippen LogP contribution in [0.3, 0.4) is 0 Å². The number of pyridine rings is 1. The Morgan fingerprint density at radius 2 is 1.97 bits per heavy atom. The van der Waals surface area contributed by atoms with Crippen LogP contribution in [-0.2, 0) is 15.9 Å². The first kappa shape index (κ1) is 21.2. The van der Waals surface area contributed by atoms with Crippen molar-refractivity contribution in [3.63, 3.8) is 0 Å². The van der Waals surface area contributed by atoms with Crippen LogP contribution in [0.15, 0.2) is 40.8 Å². The Morgan fingerprint density at radius 1 is 1.19 bits per heavy atom. The summed E-state index contributed by atoms with van der Waals surface area (Å²) in [5.74, 6) is 0.762. The van der Waals surface area contributed by atoms with E-state index >= 15 is 0 Å². The number of hydrogen-bond acceptors (Lipinski definition) is 7. The molecule has 3 aromatic rings. The molecule has 2 saturated heterocycles. The lowest BCUT2D eigenvalue weighted by atomic mass is 9.73. The van der Waals surface area contributed by atoms with E-state index in [2.05, 4.69) is 19.9 Å². The lowest BCUT2D eigenvalue weighted by molar-refractivity contribution is 0.0974. The van der Waals surface area contributed by atoms with Gasteiger partial charge in [0.2, 0.25) is 0 Å². The van der Waals surface area contributed by atoms with Gasteiger partial charge >= 0.3 is 0 Å². The summed E-state index contributed by atoms with van der Waals surface area (Å²) in [7, 11) is 0. The molecule has 0 amide bonds. The molecule has 0 bridgehead atoms. The van der Waals surface area contributed by atoms with Gasteiger partial charge in [0.15, 0.2) is 10.5 Å². The second-order valence-corrected chi connectivity index (χ2v) is 10.3. The molecule has 0 radical (unpaired) electrons. The summed E-state index contributed by atoms with van der Waals surface area (Å²) in [6.07, 6.45) is 8.40. The molecule has 3 atom stereocenters. The summed E-state index contributed by atoms with van der Waals surface area (Å²) in [5.41, 5.74) is 6.90. The van der Waals surface area contributed by atoms with Gasteiger partial charge in [-0.2, -0.15) is 0 Å². The first-order chi connectivity index (χ1) is 14.9. The van der Waals surface area contributed by atoms with Crippen LogP contribution in [0.1, 0.15) is 19.8 Å². The molecule has 11 heteroatoms. The molecule has 1 spiro atoms. The lowest BCUT2D eigenvalue weighted by Gasteiger charge is -2.41. The van der Waals surface area contributed by atoms with Crippen molar-refractivity contribution in [1.29, 1.82) is 0 Å². The van der Waals surface area contributed by atoms with Crippen molar-refractivity contribution < 1.29 is 9.29 Å². The summed E-state index contributed by atoms with van der Waals surface area (Å²) >= 11 is 10.9. The molecule has 2 fully saturated rings. The SMILES string of the molecule is C[C@@H]1OCC2(CCN(c3cnc([S+]([O-])c4ccn5c(Cl)cnc5c4Cl)cn3)CC2)[C@@H]1N.